The smallest absolute Gasteiger partial charge is 0.123 e. The normalized spacial score (nSPS) is 17.3. The fraction of sp³-hybridized carbons (Fsp3) is 0.625. The van der Waals surface area contributed by atoms with Gasteiger partial charge in [0.05, 0.1) is 0 Å². The summed E-state index contributed by atoms with van der Waals surface area (Å²) in [7, 11) is 2.01. The molecule has 0 spiro atoms. The molecule has 1 aromatic rings. The Balaban J connectivity index is 2.17. The topological polar surface area (TPSA) is 21.3 Å². The molecule has 0 heterocycles. The largest absolute Gasteiger partial charge is 0.487 e. The molecular formula is C16H24BrNO. The van der Waals surface area contributed by atoms with Crippen molar-refractivity contribution >= 4 is 15.9 Å². The predicted molar refractivity (Wildman–Crippen MR) is 84.0 cm³/mol. The molecule has 2 rings (SSSR count). The van der Waals surface area contributed by atoms with Crippen LogP contribution in [0.15, 0.2) is 22.7 Å². The zero-order chi connectivity index (χ0) is 13.9. The fourth-order valence-corrected chi connectivity index (χ4v) is 3.00. The van der Waals surface area contributed by atoms with Crippen molar-refractivity contribution in [2.75, 3.05) is 13.6 Å². The van der Waals surface area contributed by atoms with Crippen LogP contribution in [0.4, 0.5) is 0 Å². The lowest BCUT2D eigenvalue weighted by Crippen LogP contribution is -2.45. The Morgan fingerprint density at radius 1 is 1.37 bits per heavy atom. The predicted octanol–water partition coefficient (Wildman–Crippen LogP) is 4.48. The summed E-state index contributed by atoms with van der Waals surface area (Å²) in [4.78, 5) is 0. The van der Waals surface area contributed by atoms with E-state index in [1.165, 1.54) is 24.8 Å². The Morgan fingerprint density at radius 2 is 2.11 bits per heavy atom. The first-order valence-electron chi connectivity index (χ1n) is 7.19. The molecule has 0 radical (unpaired) electrons. The molecule has 106 valence electrons. The number of hydrogen-bond donors (Lipinski definition) is 1. The number of nitrogens with one attached hydrogen (secondary N) is 1. The summed E-state index contributed by atoms with van der Waals surface area (Å²) in [6, 6.07) is 6.37. The van der Waals surface area contributed by atoms with Crippen LogP contribution in [0.3, 0.4) is 0 Å². The molecule has 1 saturated carbocycles. The molecule has 0 amide bonds. The Hall–Kier alpha value is -0.540. The van der Waals surface area contributed by atoms with Gasteiger partial charge in [-0.2, -0.15) is 0 Å². The van der Waals surface area contributed by atoms with Gasteiger partial charge >= 0.3 is 0 Å². The average molecular weight is 326 g/mol. The molecule has 1 aromatic carbocycles. The molecule has 1 fully saturated rings. The van der Waals surface area contributed by atoms with Crippen molar-refractivity contribution < 1.29 is 4.74 Å². The molecule has 0 atom stereocenters. The molecule has 3 heteroatoms. The monoisotopic (exact) mass is 325 g/mol. The summed E-state index contributed by atoms with van der Waals surface area (Å²) in [5, 5.41) is 3.24. The second kappa shape index (κ2) is 6.27. The SMILES string of the molecule is CNCCC1(Oc2ccc(Br)cc2C(C)C)CCC1. The number of benzene rings is 1. The minimum absolute atomic E-state index is 0.0699. The van der Waals surface area contributed by atoms with E-state index >= 15 is 0 Å². The van der Waals surface area contributed by atoms with Crippen molar-refractivity contribution in [2.24, 2.45) is 0 Å². The number of ether oxygens (including phenoxy) is 1. The van der Waals surface area contributed by atoms with Crippen LogP contribution < -0.4 is 10.1 Å². The number of halogens is 1. The van der Waals surface area contributed by atoms with Crippen molar-refractivity contribution in [3.8, 4) is 5.75 Å². The van der Waals surface area contributed by atoms with Gasteiger partial charge in [0.2, 0.25) is 0 Å². The van der Waals surface area contributed by atoms with E-state index in [1.807, 2.05) is 7.05 Å². The Morgan fingerprint density at radius 3 is 2.63 bits per heavy atom. The van der Waals surface area contributed by atoms with Crippen LogP contribution in [0.1, 0.15) is 51.0 Å². The molecule has 0 aliphatic heterocycles. The minimum Gasteiger partial charge on any atom is -0.487 e. The van der Waals surface area contributed by atoms with E-state index in [-0.39, 0.29) is 5.60 Å². The van der Waals surface area contributed by atoms with Crippen molar-refractivity contribution in [3.05, 3.63) is 28.2 Å². The van der Waals surface area contributed by atoms with E-state index < -0.39 is 0 Å². The molecular weight excluding hydrogens is 302 g/mol. The van der Waals surface area contributed by atoms with Crippen LogP contribution in [0.25, 0.3) is 0 Å². The highest BCUT2D eigenvalue weighted by Crippen LogP contribution is 2.41. The molecule has 1 N–H and O–H groups in total. The van der Waals surface area contributed by atoms with E-state index in [2.05, 4.69) is 53.3 Å². The van der Waals surface area contributed by atoms with Gasteiger partial charge in [0.25, 0.3) is 0 Å². The molecule has 0 aromatic heterocycles. The number of rotatable bonds is 6. The highest BCUT2D eigenvalue weighted by Gasteiger charge is 2.39. The second-order valence-electron chi connectivity index (χ2n) is 5.83. The van der Waals surface area contributed by atoms with Crippen LogP contribution in [0.2, 0.25) is 0 Å². The third kappa shape index (κ3) is 3.51. The van der Waals surface area contributed by atoms with Crippen molar-refractivity contribution in [1.82, 2.24) is 5.32 Å². The first-order chi connectivity index (χ1) is 9.06. The van der Waals surface area contributed by atoms with Gasteiger partial charge in [0, 0.05) is 4.47 Å². The van der Waals surface area contributed by atoms with Gasteiger partial charge in [-0.1, -0.05) is 29.8 Å². The zero-order valence-electron chi connectivity index (χ0n) is 12.1. The standard InChI is InChI=1S/C16H24BrNO/c1-12(2)14-11-13(17)5-6-15(14)19-16(7-4-8-16)9-10-18-3/h5-6,11-12,18H,4,7-10H2,1-3H3. The van der Waals surface area contributed by atoms with Gasteiger partial charge in [0.15, 0.2) is 0 Å². The lowest BCUT2D eigenvalue weighted by molar-refractivity contribution is -0.0147. The fourth-order valence-electron chi connectivity index (χ4n) is 2.62. The highest BCUT2D eigenvalue weighted by atomic mass is 79.9. The molecule has 2 nitrogen and oxygen atoms in total. The Bertz CT molecular complexity index is 427. The van der Waals surface area contributed by atoms with Gasteiger partial charge in [-0.25, -0.2) is 0 Å². The lowest BCUT2D eigenvalue weighted by Gasteiger charge is -2.42. The number of hydrogen-bond acceptors (Lipinski definition) is 2. The molecule has 19 heavy (non-hydrogen) atoms. The maximum absolute atomic E-state index is 6.43. The maximum Gasteiger partial charge on any atom is 0.123 e. The van der Waals surface area contributed by atoms with Crippen molar-refractivity contribution in [1.29, 1.82) is 0 Å². The van der Waals surface area contributed by atoms with Crippen LogP contribution in [0.5, 0.6) is 5.75 Å². The van der Waals surface area contributed by atoms with Gasteiger partial charge in [0.1, 0.15) is 11.4 Å². The van der Waals surface area contributed by atoms with E-state index in [4.69, 9.17) is 4.74 Å². The van der Waals surface area contributed by atoms with Gasteiger partial charge in [-0.3, -0.25) is 0 Å². The molecule has 0 unspecified atom stereocenters. The molecule has 1 aliphatic carbocycles. The van der Waals surface area contributed by atoms with Gasteiger partial charge in [-0.15, -0.1) is 0 Å². The third-order valence-corrected chi connectivity index (χ3v) is 4.51. The van der Waals surface area contributed by atoms with E-state index in [0.29, 0.717) is 5.92 Å². The average Bonchev–Trinajstić information content (AvgIpc) is 2.34. The quantitative estimate of drug-likeness (QED) is 0.832. The molecule has 1 aliphatic rings. The summed E-state index contributed by atoms with van der Waals surface area (Å²) in [5.74, 6) is 1.54. The lowest BCUT2D eigenvalue weighted by atomic mass is 9.77. The Kier molecular flexibility index (Phi) is 4.91. The van der Waals surface area contributed by atoms with Crippen LogP contribution >= 0.6 is 15.9 Å². The third-order valence-electron chi connectivity index (χ3n) is 4.02. The minimum atomic E-state index is 0.0699. The maximum atomic E-state index is 6.43. The first-order valence-corrected chi connectivity index (χ1v) is 7.99. The van der Waals surface area contributed by atoms with E-state index in [1.54, 1.807) is 0 Å². The molecule has 0 bridgehead atoms. The van der Waals surface area contributed by atoms with Gasteiger partial charge < -0.3 is 10.1 Å². The summed E-state index contributed by atoms with van der Waals surface area (Å²) >= 11 is 3.55. The molecule has 0 saturated heterocycles. The summed E-state index contributed by atoms with van der Waals surface area (Å²) in [6.07, 6.45) is 4.75. The highest BCUT2D eigenvalue weighted by molar-refractivity contribution is 9.10. The summed E-state index contributed by atoms with van der Waals surface area (Å²) < 4.78 is 7.55. The first kappa shape index (κ1) is 14.9. The van der Waals surface area contributed by atoms with Crippen LogP contribution in [-0.4, -0.2) is 19.2 Å². The van der Waals surface area contributed by atoms with Crippen LogP contribution in [0, 0.1) is 0 Å². The summed E-state index contributed by atoms with van der Waals surface area (Å²) in [6.45, 7) is 5.46. The Labute approximate surface area is 125 Å². The van der Waals surface area contributed by atoms with Crippen LogP contribution in [-0.2, 0) is 0 Å². The second-order valence-corrected chi connectivity index (χ2v) is 6.74. The summed E-state index contributed by atoms with van der Waals surface area (Å²) in [5.41, 5.74) is 1.37. The van der Waals surface area contributed by atoms with Crippen molar-refractivity contribution in [2.45, 2.75) is 51.0 Å². The van der Waals surface area contributed by atoms with E-state index in [9.17, 15) is 0 Å². The van der Waals surface area contributed by atoms with Crippen molar-refractivity contribution in [3.63, 3.8) is 0 Å². The van der Waals surface area contributed by atoms with E-state index in [0.717, 1.165) is 23.2 Å². The zero-order valence-corrected chi connectivity index (χ0v) is 13.7. The van der Waals surface area contributed by atoms with Gasteiger partial charge in [-0.05, 0) is 69.0 Å².